The van der Waals surface area contributed by atoms with Gasteiger partial charge in [0.25, 0.3) is 0 Å². The average Bonchev–Trinajstić information content (AvgIpc) is 2.58. The summed E-state index contributed by atoms with van der Waals surface area (Å²) in [5.41, 5.74) is 8.41. The van der Waals surface area contributed by atoms with Gasteiger partial charge < -0.3 is 20.3 Å². The molecule has 122 valence electrons. The molecule has 0 spiro atoms. The molecule has 3 rings (SSSR count). The number of rotatable bonds is 5. The minimum atomic E-state index is 0.0448. The molecule has 3 N–H and O–H groups in total. The van der Waals surface area contributed by atoms with Gasteiger partial charge in [0.15, 0.2) is 0 Å². The molecule has 1 aliphatic rings. The van der Waals surface area contributed by atoms with Gasteiger partial charge in [0.2, 0.25) is 0 Å². The molecule has 0 unspecified atom stereocenters. The van der Waals surface area contributed by atoms with Gasteiger partial charge in [-0.3, -0.25) is 4.90 Å². The molecule has 5 heteroatoms. The van der Waals surface area contributed by atoms with Gasteiger partial charge in [-0.15, -0.1) is 0 Å². The van der Waals surface area contributed by atoms with Crippen molar-refractivity contribution < 1.29 is 14.6 Å². The third-order valence-corrected chi connectivity index (χ3v) is 3.97. The molecule has 2 aromatic rings. The predicted octanol–water partition coefficient (Wildman–Crippen LogP) is 2.39. The first kappa shape index (κ1) is 15.6. The second-order valence-electron chi connectivity index (χ2n) is 5.68. The highest BCUT2D eigenvalue weighted by Gasteiger charge is 2.10. The van der Waals surface area contributed by atoms with E-state index in [9.17, 15) is 5.11 Å². The lowest BCUT2D eigenvalue weighted by Crippen LogP contribution is -2.35. The van der Waals surface area contributed by atoms with Crippen molar-refractivity contribution in [3.8, 4) is 11.5 Å². The Bertz CT molecular complexity index is 637. The van der Waals surface area contributed by atoms with Crippen LogP contribution in [0.4, 0.5) is 5.69 Å². The maximum atomic E-state index is 9.57. The molecule has 0 saturated carbocycles. The van der Waals surface area contributed by atoms with E-state index in [1.807, 2.05) is 0 Å². The highest BCUT2D eigenvalue weighted by molar-refractivity contribution is 5.61. The van der Waals surface area contributed by atoms with Crippen LogP contribution >= 0.6 is 0 Å². The molecule has 0 aliphatic carbocycles. The van der Waals surface area contributed by atoms with Gasteiger partial charge in [0, 0.05) is 19.6 Å². The van der Waals surface area contributed by atoms with Crippen molar-refractivity contribution in [2.24, 2.45) is 0 Å². The maximum absolute atomic E-state index is 9.57. The fourth-order valence-corrected chi connectivity index (χ4v) is 2.58. The van der Waals surface area contributed by atoms with Gasteiger partial charge in [0.1, 0.15) is 23.8 Å². The van der Waals surface area contributed by atoms with Crippen molar-refractivity contribution >= 4 is 5.69 Å². The predicted molar refractivity (Wildman–Crippen MR) is 89.4 cm³/mol. The fraction of sp³-hybridized carbons (Fsp3) is 0.333. The monoisotopic (exact) mass is 314 g/mol. The Hall–Kier alpha value is -2.24. The third-order valence-electron chi connectivity index (χ3n) is 3.97. The summed E-state index contributed by atoms with van der Waals surface area (Å²) in [6.07, 6.45) is 0. The zero-order chi connectivity index (χ0) is 16.1. The van der Waals surface area contributed by atoms with Crippen molar-refractivity contribution in [1.82, 2.24) is 4.90 Å². The Balaban J connectivity index is 1.56. The normalized spacial score (nSPS) is 15.5. The van der Waals surface area contributed by atoms with E-state index in [0.717, 1.165) is 38.4 Å². The van der Waals surface area contributed by atoms with Crippen LogP contribution in [0.2, 0.25) is 0 Å². The van der Waals surface area contributed by atoms with Gasteiger partial charge >= 0.3 is 0 Å². The molecule has 2 aromatic carbocycles. The lowest BCUT2D eigenvalue weighted by molar-refractivity contribution is 0.0342. The lowest BCUT2D eigenvalue weighted by atomic mass is 10.1. The van der Waals surface area contributed by atoms with Crippen molar-refractivity contribution in [2.45, 2.75) is 13.2 Å². The molecule has 1 aliphatic heterocycles. The van der Waals surface area contributed by atoms with E-state index in [1.54, 1.807) is 18.2 Å². The van der Waals surface area contributed by atoms with Crippen LogP contribution in [0.1, 0.15) is 11.1 Å². The van der Waals surface area contributed by atoms with Gasteiger partial charge in [-0.25, -0.2) is 0 Å². The Morgan fingerprint density at radius 1 is 1.04 bits per heavy atom. The van der Waals surface area contributed by atoms with Gasteiger partial charge in [0.05, 0.1) is 13.2 Å². The number of ether oxygens (including phenoxy) is 2. The van der Waals surface area contributed by atoms with Gasteiger partial charge in [-0.05, 0) is 23.3 Å². The van der Waals surface area contributed by atoms with Gasteiger partial charge in [-0.1, -0.05) is 30.3 Å². The summed E-state index contributed by atoms with van der Waals surface area (Å²) < 4.78 is 11.0. The first-order valence-corrected chi connectivity index (χ1v) is 7.80. The highest BCUT2D eigenvalue weighted by Crippen LogP contribution is 2.30. The summed E-state index contributed by atoms with van der Waals surface area (Å²) in [7, 11) is 0. The minimum Gasteiger partial charge on any atom is -0.506 e. The first-order chi connectivity index (χ1) is 11.2. The van der Waals surface area contributed by atoms with Crippen LogP contribution in [-0.4, -0.2) is 36.3 Å². The van der Waals surface area contributed by atoms with Crippen molar-refractivity contribution in [3.63, 3.8) is 0 Å². The number of anilines is 1. The molecule has 0 bridgehead atoms. The van der Waals surface area contributed by atoms with E-state index < -0.39 is 0 Å². The summed E-state index contributed by atoms with van der Waals surface area (Å²) in [5, 5.41) is 9.57. The summed E-state index contributed by atoms with van der Waals surface area (Å²) >= 11 is 0. The number of nitrogen functional groups attached to an aromatic ring is 1. The number of aromatic hydroxyl groups is 1. The molecule has 0 atom stereocenters. The molecular weight excluding hydrogens is 292 g/mol. The molecule has 0 amide bonds. The Kier molecular flexibility index (Phi) is 5.00. The Morgan fingerprint density at radius 3 is 2.48 bits per heavy atom. The molecule has 1 fully saturated rings. The number of nitrogens with two attached hydrogens (primary N) is 1. The van der Waals surface area contributed by atoms with Crippen LogP contribution in [0.3, 0.4) is 0 Å². The number of phenols is 1. The quantitative estimate of drug-likeness (QED) is 0.655. The third kappa shape index (κ3) is 4.15. The Labute approximate surface area is 136 Å². The zero-order valence-electron chi connectivity index (χ0n) is 13.1. The van der Waals surface area contributed by atoms with Crippen LogP contribution in [0.25, 0.3) is 0 Å². The standard InChI is InChI=1S/C18H22N2O3/c19-18-16(21)2-1-3-17(18)23-13-15-6-4-14(5-7-15)12-20-8-10-22-11-9-20/h1-7,21H,8-13,19H2. The molecule has 0 aromatic heterocycles. The molecule has 1 saturated heterocycles. The van der Waals surface area contributed by atoms with E-state index >= 15 is 0 Å². The number of phenolic OH excluding ortho intramolecular Hbond substituents is 1. The smallest absolute Gasteiger partial charge is 0.146 e. The number of benzene rings is 2. The summed E-state index contributed by atoms with van der Waals surface area (Å²) in [5.74, 6) is 0.547. The minimum absolute atomic E-state index is 0.0448. The van der Waals surface area contributed by atoms with Crippen LogP contribution in [0.5, 0.6) is 11.5 Å². The molecule has 1 heterocycles. The van der Waals surface area contributed by atoms with E-state index in [1.165, 1.54) is 5.56 Å². The molecule has 0 radical (unpaired) electrons. The first-order valence-electron chi connectivity index (χ1n) is 7.80. The van der Waals surface area contributed by atoms with Crippen LogP contribution in [0.15, 0.2) is 42.5 Å². The van der Waals surface area contributed by atoms with Crippen LogP contribution < -0.4 is 10.5 Å². The van der Waals surface area contributed by atoms with Gasteiger partial charge in [-0.2, -0.15) is 0 Å². The summed E-state index contributed by atoms with van der Waals surface area (Å²) in [6.45, 7) is 4.98. The van der Waals surface area contributed by atoms with Crippen molar-refractivity contribution in [1.29, 1.82) is 0 Å². The van der Waals surface area contributed by atoms with E-state index in [4.69, 9.17) is 15.2 Å². The summed E-state index contributed by atoms with van der Waals surface area (Å²) in [6, 6.07) is 13.4. The average molecular weight is 314 g/mol. The summed E-state index contributed by atoms with van der Waals surface area (Å²) in [4.78, 5) is 2.39. The Morgan fingerprint density at radius 2 is 1.74 bits per heavy atom. The van der Waals surface area contributed by atoms with E-state index in [2.05, 4.69) is 29.2 Å². The van der Waals surface area contributed by atoms with Crippen LogP contribution in [-0.2, 0) is 17.9 Å². The van der Waals surface area contributed by atoms with E-state index in [0.29, 0.717) is 12.4 Å². The SMILES string of the molecule is Nc1c(O)cccc1OCc1ccc(CN2CCOCC2)cc1. The largest absolute Gasteiger partial charge is 0.506 e. The number of morpholine rings is 1. The number of hydrogen-bond acceptors (Lipinski definition) is 5. The van der Waals surface area contributed by atoms with Crippen molar-refractivity contribution in [2.75, 3.05) is 32.0 Å². The number of para-hydroxylation sites is 1. The number of hydrogen-bond donors (Lipinski definition) is 2. The number of nitrogens with zero attached hydrogens (tertiary/aromatic N) is 1. The second-order valence-corrected chi connectivity index (χ2v) is 5.68. The highest BCUT2D eigenvalue weighted by atomic mass is 16.5. The topological polar surface area (TPSA) is 68.0 Å². The van der Waals surface area contributed by atoms with Crippen LogP contribution in [0, 0.1) is 0 Å². The van der Waals surface area contributed by atoms with E-state index in [-0.39, 0.29) is 11.4 Å². The molecule has 5 nitrogen and oxygen atoms in total. The molecule has 23 heavy (non-hydrogen) atoms. The lowest BCUT2D eigenvalue weighted by Gasteiger charge is -2.26. The van der Waals surface area contributed by atoms with Crippen molar-refractivity contribution in [3.05, 3.63) is 53.6 Å². The fourth-order valence-electron chi connectivity index (χ4n) is 2.58. The zero-order valence-corrected chi connectivity index (χ0v) is 13.1. The molecular formula is C18H22N2O3. The maximum Gasteiger partial charge on any atom is 0.146 e. The second kappa shape index (κ2) is 7.35.